The van der Waals surface area contributed by atoms with Crippen molar-refractivity contribution >= 4 is 40.5 Å². The first kappa shape index (κ1) is 14.0. The van der Waals surface area contributed by atoms with E-state index >= 15 is 0 Å². The van der Waals surface area contributed by atoms with Crippen LogP contribution in [-0.2, 0) is 11.2 Å². The third kappa shape index (κ3) is 2.91. The van der Waals surface area contributed by atoms with Crippen LogP contribution in [0.3, 0.4) is 0 Å². The molecule has 21 heavy (non-hydrogen) atoms. The lowest BCUT2D eigenvalue weighted by Gasteiger charge is -2.18. The van der Waals surface area contributed by atoms with E-state index in [1.165, 1.54) is 0 Å². The SMILES string of the molecule is Nc1cc(Cl)c(Oc2ccc3c(c2)NC(=O)CC3)c(Cl)c1. The zero-order valence-corrected chi connectivity index (χ0v) is 12.5. The maximum Gasteiger partial charge on any atom is 0.224 e. The monoisotopic (exact) mass is 322 g/mol. The molecule has 1 heterocycles. The number of benzene rings is 2. The summed E-state index contributed by atoms with van der Waals surface area (Å²) >= 11 is 12.2. The van der Waals surface area contributed by atoms with Crippen LogP contribution in [0, 0.1) is 0 Å². The molecule has 2 aromatic carbocycles. The molecule has 0 saturated heterocycles. The molecule has 3 rings (SSSR count). The molecule has 0 unspecified atom stereocenters. The van der Waals surface area contributed by atoms with Gasteiger partial charge in [-0.1, -0.05) is 29.3 Å². The van der Waals surface area contributed by atoms with Crippen LogP contribution in [0.25, 0.3) is 0 Å². The highest BCUT2D eigenvalue weighted by atomic mass is 35.5. The van der Waals surface area contributed by atoms with Gasteiger partial charge in [-0.25, -0.2) is 0 Å². The van der Waals surface area contributed by atoms with Crippen molar-refractivity contribution in [3.05, 3.63) is 45.9 Å². The largest absolute Gasteiger partial charge is 0.454 e. The number of amides is 1. The van der Waals surface area contributed by atoms with Crippen LogP contribution in [0.5, 0.6) is 11.5 Å². The molecule has 1 amide bonds. The Kier molecular flexibility index (Phi) is 3.66. The summed E-state index contributed by atoms with van der Waals surface area (Å²) in [5, 5.41) is 3.49. The summed E-state index contributed by atoms with van der Waals surface area (Å²) in [6.45, 7) is 0. The highest BCUT2D eigenvalue weighted by Crippen LogP contribution is 2.39. The second-order valence-corrected chi connectivity index (χ2v) is 5.60. The molecular formula is C15H12Cl2N2O2. The molecule has 4 nitrogen and oxygen atoms in total. The topological polar surface area (TPSA) is 64.3 Å². The van der Waals surface area contributed by atoms with Crippen LogP contribution in [0.15, 0.2) is 30.3 Å². The molecule has 0 bridgehead atoms. The zero-order chi connectivity index (χ0) is 15.0. The van der Waals surface area contributed by atoms with E-state index in [-0.39, 0.29) is 5.91 Å². The first-order chi connectivity index (χ1) is 10.0. The third-order valence-electron chi connectivity index (χ3n) is 3.22. The van der Waals surface area contributed by atoms with Crippen LogP contribution in [-0.4, -0.2) is 5.91 Å². The van der Waals surface area contributed by atoms with Gasteiger partial charge in [-0.3, -0.25) is 4.79 Å². The number of hydrogen-bond donors (Lipinski definition) is 2. The van der Waals surface area contributed by atoms with E-state index in [1.807, 2.05) is 12.1 Å². The van der Waals surface area contributed by atoms with E-state index in [1.54, 1.807) is 18.2 Å². The third-order valence-corrected chi connectivity index (χ3v) is 3.78. The quantitative estimate of drug-likeness (QED) is 0.812. The van der Waals surface area contributed by atoms with E-state index in [0.29, 0.717) is 33.7 Å². The number of nitrogen functional groups attached to an aromatic ring is 1. The smallest absolute Gasteiger partial charge is 0.224 e. The second kappa shape index (κ2) is 5.47. The van der Waals surface area contributed by atoms with E-state index in [0.717, 1.165) is 17.7 Å². The fourth-order valence-corrected chi connectivity index (χ4v) is 2.79. The van der Waals surface area contributed by atoms with Gasteiger partial charge in [0.25, 0.3) is 0 Å². The maximum absolute atomic E-state index is 11.4. The Morgan fingerprint density at radius 2 is 1.81 bits per heavy atom. The van der Waals surface area contributed by atoms with E-state index < -0.39 is 0 Å². The number of carbonyl (C=O) groups excluding carboxylic acids is 1. The Balaban J connectivity index is 1.92. The Morgan fingerprint density at radius 1 is 1.10 bits per heavy atom. The first-order valence-corrected chi connectivity index (χ1v) is 7.13. The van der Waals surface area contributed by atoms with Crippen LogP contribution in [0.1, 0.15) is 12.0 Å². The van der Waals surface area contributed by atoms with E-state index in [2.05, 4.69) is 5.32 Å². The lowest BCUT2D eigenvalue weighted by atomic mass is 10.0. The minimum absolute atomic E-state index is 0.00296. The maximum atomic E-state index is 11.4. The van der Waals surface area contributed by atoms with E-state index in [4.69, 9.17) is 33.7 Å². The standard InChI is InChI=1S/C15H12Cl2N2O2/c16-11-5-9(18)6-12(17)15(11)21-10-3-1-8-2-4-14(20)19-13(8)7-10/h1,3,5-7H,2,4,18H2,(H,19,20). The second-order valence-electron chi connectivity index (χ2n) is 4.78. The molecule has 6 heteroatoms. The van der Waals surface area contributed by atoms with Crippen molar-refractivity contribution in [2.24, 2.45) is 0 Å². The number of ether oxygens (including phenoxy) is 1. The van der Waals surface area contributed by atoms with E-state index in [9.17, 15) is 4.79 Å². The Labute approximate surface area is 131 Å². The van der Waals surface area contributed by atoms with Gasteiger partial charge in [0, 0.05) is 23.9 Å². The van der Waals surface area contributed by atoms with Gasteiger partial charge in [-0.05, 0) is 30.2 Å². The van der Waals surface area contributed by atoms with Crippen molar-refractivity contribution in [3.8, 4) is 11.5 Å². The molecule has 1 aliphatic heterocycles. The summed E-state index contributed by atoms with van der Waals surface area (Å²) in [6.07, 6.45) is 1.23. The fourth-order valence-electron chi connectivity index (χ4n) is 2.21. The average Bonchev–Trinajstić information content (AvgIpc) is 2.42. The summed E-state index contributed by atoms with van der Waals surface area (Å²) in [5.74, 6) is 0.891. The summed E-state index contributed by atoms with van der Waals surface area (Å²) < 4.78 is 5.73. The van der Waals surface area contributed by atoms with Gasteiger partial charge in [-0.2, -0.15) is 0 Å². The fraction of sp³-hybridized carbons (Fsp3) is 0.133. The molecule has 2 aromatic rings. The summed E-state index contributed by atoms with van der Waals surface area (Å²) in [6, 6.07) is 8.64. The first-order valence-electron chi connectivity index (χ1n) is 6.38. The molecular weight excluding hydrogens is 311 g/mol. The predicted octanol–water partition coefficient (Wildman–Crippen LogP) is 4.25. The van der Waals surface area contributed by atoms with Crippen LogP contribution in [0.4, 0.5) is 11.4 Å². The Bertz CT molecular complexity index is 709. The summed E-state index contributed by atoms with van der Waals surface area (Å²) in [4.78, 5) is 11.4. The van der Waals surface area contributed by atoms with Crippen LogP contribution < -0.4 is 15.8 Å². The summed E-state index contributed by atoms with van der Waals surface area (Å²) in [5.41, 5.74) is 7.96. The van der Waals surface area contributed by atoms with Gasteiger partial charge in [0.2, 0.25) is 5.91 Å². The number of rotatable bonds is 2. The minimum atomic E-state index is 0.00296. The molecule has 0 aliphatic carbocycles. The van der Waals surface area contributed by atoms with Crippen LogP contribution >= 0.6 is 23.2 Å². The molecule has 0 fully saturated rings. The Morgan fingerprint density at radius 3 is 2.52 bits per heavy atom. The molecule has 0 atom stereocenters. The van der Waals surface area contributed by atoms with Gasteiger partial charge in [0.05, 0.1) is 10.0 Å². The molecule has 0 saturated carbocycles. The van der Waals surface area contributed by atoms with Gasteiger partial charge >= 0.3 is 0 Å². The molecule has 0 radical (unpaired) electrons. The number of aryl methyl sites for hydroxylation is 1. The average molecular weight is 323 g/mol. The molecule has 108 valence electrons. The van der Waals surface area contributed by atoms with Crippen molar-refractivity contribution in [1.82, 2.24) is 0 Å². The van der Waals surface area contributed by atoms with Crippen molar-refractivity contribution in [2.75, 3.05) is 11.1 Å². The van der Waals surface area contributed by atoms with Crippen molar-refractivity contribution < 1.29 is 9.53 Å². The van der Waals surface area contributed by atoms with Crippen molar-refractivity contribution in [2.45, 2.75) is 12.8 Å². The normalized spacial score (nSPS) is 13.5. The number of nitrogens with one attached hydrogen (secondary N) is 1. The van der Waals surface area contributed by atoms with Gasteiger partial charge in [0.15, 0.2) is 5.75 Å². The number of halogens is 2. The Hall–Kier alpha value is -1.91. The number of anilines is 2. The minimum Gasteiger partial charge on any atom is -0.454 e. The molecule has 0 aromatic heterocycles. The van der Waals surface area contributed by atoms with Gasteiger partial charge in [0.1, 0.15) is 5.75 Å². The highest BCUT2D eigenvalue weighted by molar-refractivity contribution is 6.37. The highest BCUT2D eigenvalue weighted by Gasteiger charge is 2.16. The number of hydrogen-bond acceptors (Lipinski definition) is 3. The van der Waals surface area contributed by atoms with Gasteiger partial charge < -0.3 is 15.8 Å². The van der Waals surface area contributed by atoms with Gasteiger partial charge in [-0.15, -0.1) is 0 Å². The molecule has 3 N–H and O–H groups in total. The number of carbonyl (C=O) groups is 1. The van der Waals surface area contributed by atoms with Crippen molar-refractivity contribution in [3.63, 3.8) is 0 Å². The molecule has 0 spiro atoms. The summed E-state index contributed by atoms with van der Waals surface area (Å²) in [7, 11) is 0. The van der Waals surface area contributed by atoms with Crippen molar-refractivity contribution in [1.29, 1.82) is 0 Å². The van der Waals surface area contributed by atoms with Crippen LogP contribution in [0.2, 0.25) is 10.0 Å². The lowest BCUT2D eigenvalue weighted by Crippen LogP contribution is -2.18. The zero-order valence-electron chi connectivity index (χ0n) is 11.0. The number of fused-ring (bicyclic) bond motifs is 1. The predicted molar refractivity (Wildman–Crippen MR) is 84.3 cm³/mol. The molecule has 1 aliphatic rings. The lowest BCUT2D eigenvalue weighted by molar-refractivity contribution is -0.116. The number of nitrogens with two attached hydrogens (primary N) is 1.